The summed E-state index contributed by atoms with van der Waals surface area (Å²) in [7, 11) is 1.36. The fourth-order valence-corrected chi connectivity index (χ4v) is 3.68. The van der Waals surface area contributed by atoms with E-state index in [-0.39, 0.29) is 9.92 Å². The summed E-state index contributed by atoms with van der Waals surface area (Å²) in [6, 6.07) is 9.81. The Hall–Kier alpha value is 0.0200. The van der Waals surface area contributed by atoms with Crippen LogP contribution in [-0.2, 0) is 9.05 Å². The third-order valence-electron chi connectivity index (χ3n) is 2.11. The molecule has 2 N–H and O–H groups in total. The summed E-state index contributed by atoms with van der Waals surface area (Å²) in [5.74, 6) is 0. The molecule has 0 aliphatic heterocycles. The smallest absolute Gasteiger partial charge is 0.262 e. The van der Waals surface area contributed by atoms with Crippen molar-refractivity contribution in [1.82, 2.24) is 0 Å². The molecule has 0 atom stereocenters. The zero-order valence-corrected chi connectivity index (χ0v) is 16.4. The molecule has 9 heteroatoms. The maximum atomic E-state index is 10.9. The number of rotatable bonds is 1. The Kier molecular flexibility index (Phi) is 7.30. The van der Waals surface area contributed by atoms with Crippen LogP contribution in [0.15, 0.2) is 50.2 Å². The van der Waals surface area contributed by atoms with Crippen molar-refractivity contribution < 1.29 is 8.42 Å². The van der Waals surface area contributed by atoms with E-state index in [0.717, 1.165) is 4.47 Å². The van der Waals surface area contributed by atoms with Crippen LogP contribution in [0.25, 0.3) is 0 Å². The Bertz CT molecular complexity index is 754. The first-order chi connectivity index (χ1) is 9.61. The average molecular weight is 496 g/mol. The molecule has 0 aromatic heterocycles. The van der Waals surface area contributed by atoms with Gasteiger partial charge in [0.05, 0.1) is 15.7 Å². The van der Waals surface area contributed by atoms with Crippen LogP contribution in [0.1, 0.15) is 0 Å². The maximum Gasteiger partial charge on any atom is 0.262 e. The predicted molar refractivity (Wildman–Crippen MR) is 95.8 cm³/mol. The summed E-state index contributed by atoms with van der Waals surface area (Å²) in [6.45, 7) is 0. The normalized spacial score (nSPS) is 10.7. The molecule has 0 bridgehead atoms. The van der Waals surface area contributed by atoms with Crippen LogP contribution in [0.5, 0.6) is 0 Å². The highest BCUT2D eigenvalue weighted by molar-refractivity contribution is 9.10. The highest BCUT2D eigenvalue weighted by Gasteiger charge is 2.14. The molecule has 0 unspecified atom stereocenters. The van der Waals surface area contributed by atoms with Gasteiger partial charge >= 0.3 is 0 Å². The van der Waals surface area contributed by atoms with Gasteiger partial charge in [-0.05, 0) is 36.4 Å². The molecule has 0 amide bonds. The monoisotopic (exact) mass is 493 g/mol. The highest BCUT2D eigenvalue weighted by Crippen LogP contribution is 2.27. The highest BCUT2D eigenvalue weighted by atomic mass is 79.9. The summed E-state index contributed by atoms with van der Waals surface area (Å²) < 4.78 is 23.3. The van der Waals surface area contributed by atoms with Crippen molar-refractivity contribution in [3.63, 3.8) is 0 Å². The summed E-state index contributed by atoms with van der Waals surface area (Å²) in [4.78, 5) is -0.0831. The second kappa shape index (κ2) is 8.04. The van der Waals surface area contributed by atoms with Crippen molar-refractivity contribution in [3.8, 4) is 0 Å². The second-order valence-electron chi connectivity index (χ2n) is 3.68. The summed E-state index contributed by atoms with van der Waals surface area (Å²) >= 11 is 17.6. The lowest BCUT2D eigenvalue weighted by atomic mass is 10.3. The van der Waals surface area contributed by atoms with E-state index in [1.54, 1.807) is 18.2 Å². The summed E-state index contributed by atoms with van der Waals surface area (Å²) in [5.41, 5.74) is 6.06. The number of hydrogen-bond acceptors (Lipinski definition) is 3. The minimum atomic E-state index is -3.75. The van der Waals surface area contributed by atoms with Gasteiger partial charge in [0, 0.05) is 19.6 Å². The Morgan fingerprint density at radius 2 is 1.38 bits per heavy atom. The Balaban J connectivity index is 0.000000219. The van der Waals surface area contributed by atoms with Crippen molar-refractivity contribution in [1.29, 1.82) is 0 Å². The van der Waals surface area contributed by atoms with Crippen LogP contribution in [0.4, 0.5) is 5.69 Å². The molecule has 2 aromatic rings. The third kappa shape index (κ3) is 6.34. The van der Waals surface area contributed by atoms with Crippen LogP contribution in [0.3, 0.4) is 0 Å². The fourth-order valence-electron chi connectivity index (χ4n) is 1.18. The largest absolute Gasteiger partial charge is 0.397 e. The molecule has 0 saturated heterocycles. The quantitative estimate of drug-likeness (QED) is 0.406. The van der Waals surface area contributed by atoms with E-state index in [0.29, 0.717) is 15.2 Å². The minimum absolute atomic E-state index is 0.0831. The van der Waals surface area contributed by atoms with Gasteiger partial charge in [0.25, 0.3) is 9.05 Å². The van der Waals surface area contributed by atoms with Gasteiger partial charge in [-0.2, -0.15) is 0 Å². The number of benzene rings is 2. The topological polar surface area (TPSA) is 60.2 Å². The third-order valence-corrected chi connectivity index (χ3v) is 5.25. The molecule has 21 heavy (non-hydrogen) atoms. The Labute approximate surface area is 154 Å². The van der Waals surface area contributed by atoms with Gasteiger partial charge in [-0.15, -0.1) is 0 Å². The molecule has 0 aliphatic rings. The zero-order valence-electron chi connectivity index (χ0n) is 10.2. The van der Waals surface area contributed by atoms with Gasteiger partial charge in [-0.1, -0.05) is 55.1 Å². The van der Waals surface area contributed by atoms with Gasteiger partial charge in [0.15, 0.2) is 0 Å². The molecule has 0 fully saturated rings. The lowest BCUT2D eigenvalue weighted by Gasteiger charge is -1.99. The molecular weight excluding hydrogens is 488 g/mol. The Morgan fingerprint density at radius 1 is 0.905 bits per heavy atom. The number of nitrogens with two attached hydrogens (primary N) is 1. The maximum absolute atomic E-state index is 10.9. The molecule has 0 saturated carbocycles. The molecule has 3 nitrogen and oxygen atoms in total. The van der Waals surface area contributed by atoms with Crippen LogP contribution in [-0.4, -0.2) is 8.42 Å². The van der Waals surface area contributed by atoms with Crippen molar-refractivity contribution in [2.24, 2.45) is 0 Å². The van der Waals surface area contributed by atoms with E-state index in [4.69, 9.17) is 39.6 Å². The number of nitrogen functional groups attached to an aromatic ring is 1. The molecule has 2 rings (SSSR count). The molecular formula is C12H8Br2Cl3NO2S. The molecule has 0 heterocycles. The van der Waals surface area contributed by atoms with E-state index in [2.05, 4.69) is 31.9 Å². The zero-order chi connectivity index (χ0) is 16.2. The first-order valence-electron chi connectivity index (χ1n) is 5.21. The van der Waals surface area contributed by atoms with Crippen molar-refractivity contribution in [3.05, 3.63) is 55.4 Å². The van der Waals surface area contributed by atoms with E-state index in [1.807, 2.05) is 6.07 Å². The molecule has 0 spiro atoms. The van der Waals surface area contributed by atoms with Crippen LogP contribution in [0, 0.1) is 0 Å². The van der Waals surface area contributed by atoms with Crippen LogP contribution in [0.2, 0.25) is 10.0 Å². The first kappa shape index (κ1) is 19.1. The van der Waals surface area contributed by atoms with Crippen molar-refractivity contribution in [2.75, 3.05) is 5.73 Å². The van der Waals surface area contributed by atoms with Crippen LogP contribution >= 0.6 is 65.7 Å². The standard InChI is InChI=1S/C6H3BrCl2O2S.C6H5BrClN/c7-4-1-2-5(8)6(3-4)12(9,10)11;7-4-1-2-5(8)6(9)3-4/h1-3H;1-3H,9H2. The second-order valence-corrected chi connectivity index (χ2v) is 8.86. The van der Waals surface area contributed by atoms with Gasteiger partial charge in [0.2, 0.25) is 0 Å². The summed E-state index contributed by atoms with van der Waals surface area (Å²) in [6.07, 6.45) is 0. The molecule has 0 aliphatic carbocycles. The van der Waals surface area contributed by atoms with E-state index >= 15 is 0 Å². The van der Waals surface area contributed by atoms with E-state index < -0.39 is 9.05 Å². The van der Waals surface area contributed by atoms with Gasteiger partial charge in [-0.25, -0.2) is 8.42 Å². The number of anilines is 1. The van der Waals surface area contributed by atoms with Crippen LogP contribution < -0.4 is 5.73 Å². The van der Waals surface area contributed by atoms with Gasteiger partial charge < -0.3 is 5.73 Å². The molecule has 2 aromatic carbocycles. The molecule has 0 radical (unpaired) electrons. The average Bonchev–Trinajstić information content (AvgIpc) is 2.37. The lowest BCUT2D eigenvalue weighted by Crippen LogP contribution is -1.91. The fraction of sp³-hybridized carbons (Fsp3) is 0. The number of halogens is 5. The van der Waals surface area contributed by atoms with Crippen molar-refractivity contribution >= 4 is 80.5 Å². The first-order valence-corrected chi connectivity index (χ1v) is 9.86. The van der Waals surface area contributed by atoms with Gasteiger partial charge in [-0.3, -0.25) is 0 Å². The lowest BCUT2D eigenvalue weighted by molar-refractivity contribution is 0.609. The van der Waals surface area contributed by atoms with Gasteiger partial charge in [0.1, 0.15) is 4.90 Å². The van der Waals surface area contributed by atoms with Crippen molar-refractivity contribution in [2.45, 2.75) is 4.90 Å². The molecule has 114 valence electrons. The SMILES string of the molecule is Nc1cc(Br)ccc1Cl.O=S(=O)(Cl)c1cc(Br)ccc1Cl. The Morgan fingerprint density at radius 3 is 1.76 bits per heavy atom. The van der Waals surface area contributed by atoms with E-state index in [1.165, 1.54) is 12.1 Å². The predicted octanol–water partition coefficient (Wildman–Crippen LogP) is 5.71. The van der Waals surface area contributed by atoms with E-state index in [9.17, 15) is 8.42 Å². The summed E-state index contributed by atoms with van der Waals surface area (Å²) in [5, 5.41) is 0.714. The minimum Gasteiger partial charge on any atom is -0.397 e. The number of hydrogen-bond donors (Lipinski definition) is 1.